The molecule has 2 amide bonds. The Morgan fingerprint density at radius 3 is 2.47 bits per heavy atom. The van der Waals surface area contributed by atoms with Gasteiger partial charge in [0.1, 0.15) is 15.9 Å². The lowest BCUT2D eigenvalue weighted by molar-refractivity contribution is -0.125. The van der Waals surface area contributed by atoms with Crippen LogP contribution in [-0.2, 0) is 27.6 Å². The molecular formula is C25H32N2O6S. The number of nitrogens with zero attached hydrogens (tertiary/aromatic N) is 1. The van der Waals surface area contributed by atoms with Crippen molar-refractivity contribution in [3.63, 3.8) is 0 Å². The smallest absolute Gasteiger partial charge is 0.255 e. The zero-order chi connectivity index (χ0) is 24.7. The zero-order valence-corrected chi connectivity index (χ0v) is 20.7. The maximum atomic E-state index is 13.1. The molecule has 1 atom stereocenters. The summed E-state index contributed by atoms with van der Waals surface area (Å²) in [7, 11) is -3.29. The van der Waals surface area contributed by atoms with Crippen molar-refractivity contribution >= 4 is 21.7 Å². The second-order valence-electron chi connectivity index (χ2n) is 8.21. The molecule has 1 aliphatic rings. The summed E-state index contributed by atoms with van der Waals surface area (Å²) in [5.74, 6) is 0.532. The van der Waals surface area contributed by atoms with Crippen molar-refractivity contribution in [2.45, 2.75) is 39.3 Å². The van der Waals surface area contributed by atoms with E-state index < -0.39 is 15.9 Å². The van der Waals surface area contributed by atoms with Crippen molar-refractivity contribution < 1.29 is 27.5 Å². The van der Waals surface area contributed by atoms with Crippen LogP contribution in [0.3, 0.4) is 0 Å². The predicted molar refractivity (Wildman–Crippen MR) is 130 cm³/mol. The summed E-state index contributed by atoms with van der Waals surface area (Å²) in [6, 6.07) is 12.0. The maximum Gasteiger partial charge on any atom is 0.255 e. The van der Waals surface area contributed by atoms with Crippen molar-refractivity contribution in [1.82, 2.24) is 10.2 Å². The van der Waals surface area contributed by atoms with Gasteiger partial charge in [0.15, 0.2) is 11.5 Å². The molecule has 3 rings (SSSR count). The number of carbonyl (C=O) groups is 2. The Hall–Kier alpha value is -3.07. The van der Waals surface area contributed by atoms with Crippen molar-refractivity contribution in [2.75, 3.05) is 31.8 Å². The minimum absolute atomic E-state index is 0.0436. The highest BCUT2D eigenvalue weighted by Crippen LogP contribution is 2.29. The molecule has 0 radical (unpaired) electrons. The van der Waals surface area contributed by atoms with Crippen LogP contribution in [0.1, 0.15) is 41.8 Å². The third kappa shape index (κ3) is 6.50. The van der Waals surface area contributed by atoms with E-state index in [-0.39, 0.29) is 30.5 Å². The van der Waals surface area contributed by atoms with Crippen LogP contribution >= 0.6 is 0 Å². The molecule has 0 spiro atoms. The normalized spacial score (nSPS) is 14.0. The fourth-order valence-electron chi connectivity index (χ4n) is 3.98. The number of rotatable bonds is 12. The number of benzene rings is 2. The van der Waals surface area contributed by atoms with Gasteiger partial charge in [0.2, 0.25) is 5.91 Å². The Labute approximate surface area is 201 Å². The molecule has 0 unspecified atom stereocenters. The zero-order valence-electron chi connectivity index (χ0n) is 19.9. The van der Waals surface area contributed by atoms with Gasteiger partial charge < -0.3 is 19.7 Å². The summed E-state index contributed by atoms with van der Waals surface area (Å²) in [5, 5.41) is 2.88. The third-order valence-corrected chi connectivity index (χ3v) is 6.59. The van der Waals surface area contributed by atoms with Crippen LogP contribution in [0.25, 0.3) is 0 Å². The molecule has 2 aromatic carbocycles. The molecule has 1 N–H and O–H groups in total. The van der Waals surface area contributed by atoms with Gasteiger partial charge in [-0.15, -0.1) is 0 Å². The SMILES string of the molecule is CCOc1ccc(CCNC(=O)[C@H](CCS(C)(=O)=O)N2Cc3ccccc3C2=O)cc1OCC. The molecule has 2 aromatic rings. The molecule has 0 bridgehead atoms. The second kappa shape index (κ2) is 11.4. The van der Waals surface area contributed by atoms with Crippen LogP contribution < -0.4 is 14.8 Å². The summed E-state index contributed by atoms with van der Waals surface area (Å²) in [6.07, 6.45) is 1.72. The Bertz CT molecular complexity index is 1130. The van der Waals surface area contributed by atoms with Crippen LogP contribution in [0.2, 0.25) is 0 Å². The van der Waals surface area contributed by atoms with E-state index in [1.807, 2.05) is 44.2 Å². The summed E-state index contributed by atoms with van der Waals surface area (Å²) in [4.78, 5) is 27.5. The van der Waals surface area contributed by atoms with Crippen molar-refractivity contribution in [2.24, 2.45) is 0 Å². The van der Waals surface area contributed by atoms with Gasteiger partial charge >= 0.3 is 0 Å². The largest absolute Gasteiger partial charge is 0.490 e. The molecule has 0 aromatic heterocycles. The number of ether oxygens (including phenoxy) is 2. The molecule has 0 aliphatic carbocycles. The molecule has 0 saturated carbocycles. The Balaban J connectivity index is 1.68. The molecule has 0 saturated heterocycles. The number of fused-ring (bicyclic) bond motifs is 1. The quantitative estimate of drug-likeness (QED) is 0.493. The molecular weight excluding hydrogens is 456 g/mol. The number of sulfone groups is 1. The highest BCUT2D eigenvalue weighted by molar-refractivity contribution is 7.90. The van der Waals surface area contributed by atoms with Gasteiger partial charge in [0.25, 0.3) is 5.91 Å². The minimum Gasteiger partial charge on any atom is -0.490 e. The molecule has 8 nitrogen and oxygen atoms in total. The van der Waals surface area contributed by atoms with Gasteiger partial charge in [0.05, 0.1) is 19.0 Å². The first-order chi connectivity index (χ1) is 16.2. The van der Waals surface area contributed by atoms with Crippen molar-refractivity contribution in [3.05, 3.63) is 59.2 Å². The van der Waals surface area contributed by atoms with Crippen LogP contribution in [-0.4, -0.2) is 62.9 Å². The van der Waals surface area contributed by atoms with E-state index in [1.165, 1.54) is 4.90 Å². The Kier molecular flexibility index (Phi) is 8.55. The monoisotopic (exact) mass is 488 g/mol. The Morgan fingerprint density at radius 1 is 1.09 bits per heavy atom. The summed E-state index contributed by atoms with van der Waals surface area (Å²) >= 11 is 0. The number of amides is 2. The average Bonchev–Trinajstić information content (AvgIpc) is 3.11. The van der Waals surface area contributed by atoms with Gasteiger partial charge in [-0.3, -0.25) is 9.59 Å². The van der Waals surface area contributed by atoms with Crippen LogP contribution in [0.5, 0.6) is 11.5 Å². The van der Waals surface area contributed by atoms with E-state index in [2.05, 4.69) is 5.32 Å². The van der Waals surface area contributed by atoms with Gasteiger partial charge in [-0.1, -0.05) is 24.3 Å². The summed E-state index contributed by atoms with van der Waals surface area (Å²) in [5.41, 5.74) is 2.35. The summed E-state index contributed by atoms with van der Waals surface area (Å²) in [6.45, 7) is 5.47. The minimum atomic E-state index is -3.29. The van der Waals surface area contributed by atoms with Gasteiger partial charge in [-0.2, -0.15) is 0 Å². The van der Waals surface area contributed by atoms with Crippen molar-refractivity contribution in [1.29, 1.82) is 0 Å². The highest BCUT2D eigenvalue weighted by atomic mass is 32.2. The number of nitrogens with one attached hydrogen (secondary N) is 1. The van der Waals surface area contributed by atoms with E-state index in [1.54, 1.807) is 12.1 Å². The van der Waals surface area contributed by atoms with Gasteiger partial charge in [-0.05, 0) is 56.0 Å². The fourth-order valence-corrected chi connectivity index (χ4v) is 4.63. The predicted octanol–water partition coefficient (Wildman–Crippen LogP) is 2.60. The third-order valence-electron chi connectivity index (χ3n) is 5.61. The fraction of sp³-hybridized carbons (Fsp3) is 0.440. The van der Waals surface area contributed by atoms with E-state index in [9.17, 15) is 18.0 Å². The van der Waals surface area contributed by atoms with E-state index in [0.717, 1.165) is 17.4 Å². The number of hydrogen-bond acceptors (Lipinski definition) is 6. The van der Waals surface area contributed by atoms with E-state index in [4.69, 9.17) is 9.47 Å². The van der Waals surface area contributed by atoms with Crippen LogP contribution in [0.15, 0.2) is 42.5 Å². The van der Waals surface area contributed by atoms with E-state index in [0.29, 0.717) is 43.2 Å². The molecule has 1 aliphatic heterocycles. The van der Waals surface area contributed by atoms with Crippen molar-refractivity contribution in [3.8, 4) is 11.5 Å². The molecule has 184 valence electrons. The maximum absolute atomic E-state index is 13.1. The topological polar surface area (TPSA) is 102 Å². The standard InChI is InChI=1S/C25H32N2O6S/c1-4-32-22-11-10-18(16-23(22)33-5-2)12-14-26-24(28)21(13-15-34(3,30)31)27-17-19-8-6-7-9-20(19)25(27)29/h6-11,16,21H,4-5,12-15,17H2,1-3H3,(H,26,28)/t21-/m0/s1. The lowest BCUT2D eigenvalue weighted by atomic mass is 10.1. The lowest BCUT2D eigenvalue weighted by Gasteiger charge is -2.27. The first-order valence-electron chi connectivity index (χ1n) is 11.5. The first kappa shape index (κ1) is 25.6. The van der Waals surface area contributed by atoms with Gasteiger partial charge in [0, 0.05) is 24.9 Å². The molecule has 0 fully saturated rings. The average molecular weight is 489 g/mol. The molecule has 1 heterocycles. The molecule has 34 heavy (non-hydrogen) atoms. The highest BCUT2D eigenvalue weighted by Gasteiger charge is 2.36. The van der Waals surface area contributed by atoms with E-state index >= 15 is 0 Å². The molecule has 9 heteroatoms. The van der Waals surface area contributed by atoms with Gasteiger partial charge in [-0.25, -0.2) is 8.42 Å². The number of hydrogen-bond donors (Lipinski definition) is 1. The lowest BCUT2D eigenvalue weighted by Crippen LogP contribution is -2.48. The second-order valence-corrected chi connectivity index (χ2v) is 10.5. The first-order valence-corrected chi connectivity index (χ1v) is 13.5. The van der Waals surface area contributed by atoms with Crippen LogP contribution in [0, 0.1) is 0 Å². The summed E-state index contributed by atoms with van der Waals surface area (Å²) < 4.78 is 34.8. The Morgan fingerprint density at radius 2 is 1.79 bits per heavy atom. The number of carbonyl (C=O) groups excluding carboxylic acids is 2. The van der Waals surface area contributed by atoms with Crippen LogP contribution in [0.4, 0.5) is 0 Å².